The van der Waals surface area contributed by atoms with Gasteiger partial charge in [0.05, 0.1) is 5.69 Å². The summed E-state index contributed by atoms with van der Waals surface area (Å²) < 4.78 is 0. The molecule has 4 bridgehead atoms. The van der Waals surface area contributed by atoms with Crippen molar-refractivity contribution < 1.29 is 0 Å². The Morgan fingerprint density at radius 3 is 1.90 bits per heavy atom. The Hall–Kier alpha value is -5.92. The van der Waals surface area contributed by atoms with Gasteiger partial charge in [-0.1, -0.05) is 141 Å². The standard InChI is InChI=1S/C58H49N/c1-58(2)53-19-11-10-17-47(53)48-24-21-43(34-54(48)58)59(55-32-39-14-6-7-15-44(39)45-16-8-9-18-49(45)55)42-22-25-50-51(33-42)46-23-20-38(37-12-4-3-5-13-37)31-52(46)57(50)56-40-27-35-26-36(29-40)30-41(56)28-35/h3-25,31-36,40-41,56-57H,26-30H2,1-2H3. The van der Waals surface area contributed by atoms with E-state index in [9.17, 15) is 0 Å². The van der Waals surface area contributed by atoms with Crippen LogP contribution < -0.4 is 4.90 Å². The van der Waals surface area contributed by atoms with E-state index in [0.29, 0.717) is 5.92 Å². The number of anilines is 3. The monoisotopic (exact) mass is 759 g/mol. The van der Waals surface area contributed by atoms with Crippen LogP contribution in [0.4, 0.5) is 17.1 Å². The number of hydrogen-bond acceptors (Lipinski definition) is 1. The van der Waals surface area contributed by atoms with Crippen molar-refractivity contribution in [2.24, 2.45) is 29.6 Å². The summed E-state index contributed by atoms with van der Waals surface area (Å²) >= 11 is 0. The van der Waals surface area contributed by atoms with Crippen molar-refractivity contribution in [3.63, 3.8) is 0 Å². The zero-order valence-electron chi connectivity index (χ0n) is 34.0. The summed E-state index contributed by atoms with van der Waals surface area (Å²) in [5, 5.41) is 5.13. The molecule has 0 heterocycles. The maximum absolute atomic E-state index is 2.59. The summed E-state index contributed by atoms with van der Waals surface area (Å²) in [5.74, 6) is 4.77. The number of hydrogen-bond donors (Lipinski definition) is 0. The molecule has 0 aromatic heterocycles. The molecule has 14 rings (SSSR count). The highest BCUT2D eigenvalue weighted by molar-refractivity contribution is 6.14. The van der Waals surface area contributed by atoms with Crippen molar-refractivity contribution in [2.45, 2.75) is 57.3 Å². The van der Waals surface area contributed by atoms with Gasteiger partial charge < -0.3 is 4.90 Å². The molecule has 1 nitrogen and oxygen atoms in total. The van der Waals surface area contributed by atoms with Crippen LogP contribution in [-0.4, -0.2) is 0 Å². The van der Waals surface area contributed by atoms with Crippen molar-refractivity contribution in [3.05, 3.63) is 186 Å². The highest BCUT2D eigenvalue weighted by Gasteiger charge is 2.52. The van der Waals surface area contributed by atoms with Crippen molar-refractivity contribution in [2.75, 3.05) is 4.90 Å². The Kier molecular flexibility index (Phi) is 7.23. The molecule has 6 aliphatic rings. The van der Waals surface area contributed by atoms with E-state index in [-0.39, 0.29) is 5.41 Å². The quantitative estimate of drug-likeness (QED) is 0.158. The molecular weight excluding hydrogens is 711 g/mol. The summed E-state index contributed by atoms with van der Waals surface area (Å²) in [6, 6.07) is 62.8. The molecule has 59 heavy (non-hydrogen) atoms. The van der Waals surface area contributed by atoms with E-state index >= 15 is 0 Å². The zero-order chi connectivity index (χ0) is 39.0. The van der Waals surface area contributed by atoms with Gasteiger partial charge in [0.25, 0.3) is 0 Å². The van der Waals surface area contributed by atoms with E-state index in [0.717, 1.165) is 29.6 Å². The summed E-state index contributed by atoms with van der Waals surface area (Å²) in [6.45, 7) is 4.80. The summed E-state index contributed by atoms with van der Waals surface area (Å²) in [5.41, 5.74) is 17.7. The minimum absolute atomic E-state index is 0.0989. The van der Waals surface area contributed by atoms with E-state index in [2.05, 4.69) is 183 Å². The molecule has 8 aromatic carbocycles. The van der Waals surface area contributed by atoms with Crippen LogP contribution in [-0.2, 0) is 5.41 Å². The largest absolute Gasteiger partial charge is 0.310 e. The second kappa shape index (κ2) is 12.5. The predicted octanol–water partition coefficient (Wildman–Crippen LogP) is 15.6. The highest BCUT2D eigenvalue weighted by atomic mass is 15.1. The van der Waals surface area contributed by atoms with Crippen molar-refractivity contribution >= 4 is 38.6 Å². The van der Waals surface area contributed by atoms with Crippen LogP contribution in [0.5, 0.6) is 0 Å². The average molecular weight is 760 g/mol. The van der Waals surface area contributed by atoms with Crippen molar-refractivity contribution in [1.82, 2.24) is 0 Å². The van der Waals surface area contributed by atoms with Crippen LogP contribution >= 0.6 is 0 Å². The summed E-state index contributed by atoms with van der Waals surface area (Å²) in [4.78, 5) is 2.59. The summed E-state index contributed by atoms with van der Waals surface area (Å²) in [7, 11) is 0. The lowest BCUT2D eigenvalue weighted by Gasteiger charge is -2.56. The molecule has 0 spiro atoms. The second-order valence-electron chi connectivity index (χ2n) is 19.3. The van der Waals surface area contributed by atoms with Gasteiger partial charge in [-0.2, -0.15) is 0 Å². The van der Waals surface area contributed by atoms with E-state index in [1.165, 1.54) is 115 Å². The van der Waals surface area contributed by atoms with Crippen LogP contribution in [0.15, 0.2) is 164 Å². The second-order valence-corrected chi connectivity index (χ2v) is 19.3. The fourth-order valence-electron chi connectivity index (χ4n) is 13.6. The molecule has 6 aliphatic carbocycles. The first-order valence-electron chi connectivity index (χ1n) is 22.3. The minimum atomic E-state index is -0.0989. The van der Waals surface area contributed by atoms with Gasteiger partial charge in [-0.05, 0) is 170 Å². The number of fused-ring (bicyclic) bond motifs is 9. The van der Waals surface area contributed by atoms with Crippen molar-refractivity contribution in [3.8, 4) is 33.4 Å². The van der Waals surface area contributed by atoms with E-state index in [4.69, 9.17) is 0 Å². The fraction of sp³-hybridized carbons (Fsp3) is 0.241. The lowest BCUT2D eigenvalue weighted by atomic mass is 9.49. The predicted molar refractivity (Wildman–Crippen MR) is 247 cm³/mol. The van der Waals surface area contributed by atoms with E-state index in [1.807, 2.05) is 0 Å². The Morgan fingerprint density at radius 2 is 1.08 bits per heavy atom. The normalized spacial score (nSPS) is 23.9. The van der Waals surface area contributed by atoms with Gasteiger partial charge in [-0.15, -0.1) is 0 Å². The van der Waals surface area contributed by atoms with E-state index in [1.54, 1.807) is 11.1 Å². The maximum atomic E-state index is 2.59. The lowest BCUT2D eigenvalue weighted by Crippen LogP contribution is -2.47. The van der Waals surface area contributed by atoms with Crippen LogP contribution in [0.25, 0.3) is 54.9 Å². The molecule has 4 fully saturated rings. The molecule has 0 radical (unpaired) electrons. The maximum Gasteiger partial charge on any atom is 0.0546 e. The minimum Gasteiger partial charge on any atom is -0.310 e. The summed E-state index contributed by atoms with van der Waals surface area (Å²) in [6.07, 6.45) is 7.25. The van der Waals surface area contributed by atoms with Gasteiger partial charge >= 0.3 is 0 Å². The average Bonchev–Trinajstić information content (AvgIpc) is 3.71. The third-order valence-electron chi connectivity index (χ3n) is 15.9. The first-order chi connectivity index (χ1) is 29.0. The number of benzene rings is 8. The van der Waals surface area contributed by atoms with Gasteiger partial charge in [0.1, 0.15) is 0 Å². The molecule has 4 saturated carbocycles. The Balaban J connectivity index is 1.03. The smallest absolute Gasteiger partial charge is 0.0546 e. The van der Waals surface area contributed by atoms with Crippen LogP contribution in [0.2, 0.25) is 0 Å². The lowest BCUT2D eigenvalue weighted by molar-refractivity contribution is -0.0424. The topological polar surface area (TPSA) is 3.24 Å². The van der Waals surface area contributed by atoms with Crippen molar-refractivity contribution in [1.29, 1.82) is 0 Å². The Labute approximate surface area is 348 Å². The molecule has 0 aliphatic heterocycles. The molecule has 1 unspecified atom stereocenters. The van der Waals surface area contributed by atoms with Gasteiger partial charge in [0, 0.05) is 28.1 Å². The number of rotatable bonds is 5. The highest BCUT2D eigenvalue weighted by Crippen LogP contribution is 2.64. The van der Waals surface area contributed by atoms with Crippen LogP contribution in [0.1, 0.15) is 74.1 Å². The molecule has 0 saturated heterocycles. The molecular formula is C58H49N. The molecule has 1 atom stereocenters. The molecule has 8 aromatic rings. The number of nitrogens with zero attached hydrogens (tertiary/aromatic N) is 1. The first kappa shape index (κ1) is 34.0. The third kappa shape index (κ3) is 4.97. The van der Waals surface area contributed by atoms with Gasteiger partial charge in [-0.3, -0.25) is 0 Å². The Morgan fingerprint density at radius 1 is 0.441 bits per heavy atom. The van der Waals surface area contributed by atoms with Crippen LogP contribution in [0, 0.1) is 29.6 Å². The van der Waals surface area contributed by atoms with Gasteiger partial charge in [0.15, 0.2) is 0 Å². The van der Waals surface area contributed by atoms with Gasteiger partial charge in [0.2, 0.25) is 0 Å². The van der Waals surface area contributed by atoms with E-state index < -0.39 is 0 Å². The first-order valence-corrected chi connectivity index (χ1v) is 22.3. The fourth-order valence-corrected chi connectivity index (χ4v) is 13.6. The van der Waals surface area contributed by atoms with Gasteiger partial charge in [-0.25, -0.2) is 0 Å². The molecule has 0 N–H and O–H groups in total. The molecule has 0 amide bonds. The molecule has 286 valence electrons. The third-order valence-corrected chi connectivity index (χ3v) is 15.9. The zero-order valence-corrected chi connectivity index (χ0v) is 34.0. The Bertz CT molecular complexity index is 2980. The van der Waals surface area contributed by atoms with Crippen LogP contribution in [0.3, 0.4) is 0 Å². The SMILES string of the molecule is CC1(C)c2ccccc2-c2ccc(N(c3ccc4c(c3)-c3ccc(-c5ccccc5)cc3C4C3C4CC5CC(C4)CC3C5)c3cc4ccccc4c4ccccc34)cc21. The molecule has 1 heteroatoms.